The van der Waals surface area contributed by atoms with Crippen LogP contribution in [-0.2, 0) is 24.0 Å². The molecular formula is C52H61F4N9O6. The van der Waals surface area contributed by atoms with E-state index in [-0.39, 0.29) is 66.7 Å². The van der Waals surface area contributed by atoms with Gasteiger partial charge in [0.15, 0.2) is 17.3 Å². The number of imidazole rings is 1. The molecule has 1 saturated carbocycles. The predicted octanol–water partition coefficient (Wildman–Crippen LogP) is 9.27. The highest BCUT2D eigenvalue weighted by atomic mass is 19.4. The fraction of sp³-hybridized carbons (Fsp3) is 0.538. The third-order valence-corrected chi connectivity index (χ3v) is 14.9. The molecule has 5 aliphatic rings. The molecule has 0 radical (unpaired) electrons. The zero-order valence-corrected chi connectivity index (χ0v) is 41.1. The van der Waals surface area contributed by atoms with Crippen LogP contribution in [0.5, 0.6) is 17.5 Å². The van der Waals surface area contributed by atoms with Gasteiger partial charge in [0, 0.05) is 45.2 Å². The number of rotatable bonds is 14. The summed E-state index contributed by atoms with van der Waals surface area (Å²) in [6, 6.07) is 15.3. The van der Waals surface area contributed by atoms with Gasteiger partial charge in [0.1, 0.15) is 46.9 Å². The Bertz CT molecular complexity index is 2730. The summed E-state index contributed by atoms with van der Waals surface area (Å²) in [4.78, 5) is 56.2. The first-order chi connectivity index (χ1) is 33.9. The number of hydrogen-bond donors (Lipinski definition) is 0. The Morgan fingerprint density at radius 2 is 1.45 bits per heavy atom. The van der Waals surface area contributed by atoms with Crippen LogP contribution in [0.3, 0.4) is 0 Å². The number of pyridine rings is 1. The molecular weight excluding hydrogens is 923 g/mol. The number of anilines is 2. The highest BCUT2D eigenvalue weighted by Crippen LogP contribution is 2.44. The largest absolute Gasteiger partial charge is 0.497 e. The smallest absolute Gasteiger partial charge is 0.418 e. The zero-order chi connectivity index (χ0) is 50.0. The Kier molecular flexibility index (Phi) is 12.8. The summed E-state index contributed by atoms with van der Waals surface area (Å²) in [5, 5.41) is 0. The first kappa shape index (κ1) is 48.4. The lowest BCUT2D eigenvalue weighted by molar-refractivity contribution is -0.138. The fourth-order valence-corrected chi connectivity index (χ4v) is 11.3. The van der Waals surface area contributed by atoms with Crippen LogP contribution in [0.25, 0.3) is 11.2 Å². The Hall–Kier alpha value is -6.24. The second-order valence-electron chi connectivity index (χ2n) is 20.8. The standard InChI is InChI=1S/C52H61F4N9O6/c1-31-23-40(61(25-32-11-17-38(68-5)18-12-32)26-33-13-19-39(69-6)20-14-33)57-42(41(31)52(54,55)56)44(66)47-58-45-43(65(47)35-9-7-10-35)46(60-48(59-45)70-30-51-21-8-22-63(51)27-34(53)24-51)62-28-36-15-16-37(29-62)64(36)49(67)71-50(2,3)4/h11-14,17-20,23,34-37H,7-10,15-16,21-22,24-30H2,1-6H3/t34-,36?,37?,51+/m1/s1. The normalized spacial score (nSPS) is 22.4. The molecule has 378 valence electrons. The van der Waals surface area contributed by atoms with Crippen LogP contribution in [0.15, 0.2) is 54.6 Å². The maximum absolute atomic E-state index is 15.5. The van der Waals surface area contributed by atoms with E-state index in [4.69, 9.17) is 33.9 Å². The quantitative estimate of drug-likeness (QED) is 0.0772. The van der Waals surface area contributed by atoms with Gasteiger partial charge in [-0.25, -0.2) is 19.2 Å². The maximum Gasteiger partial charge on any atom is 0.418 e. The number of benzene rings is 2. The molecule has 5 aromatic rings. The van der Waals surface area contributed by atoms with Gasteiger partial charge in [0.2, 0.25) is 5.78 Å². The van der Waals surface area contributed by atoms with Crippen molar-refractivity contribution in [2.45, 2.75) is 134 Å². The van der Waals surface area contributed by atoms with E-state index >= 15 is 18.0 Å². The van der Waals surface area contributed by atoms with E-state index in [0.29, 0.717) is 61.7 Å². The van der Waals surface area contributed by atoms with Crippen molar-refractivity contribution in [1.29, 1.82) is 0 Å². The second-order valence-corrected chi connectivity index (χ2v) is 20.8. The molecule has 1 aliphatic carbocycles. The Labute approximate surface area is 410 Å². The van der Waals surface area contributed by atoms with Crippen LogP contribution in [0.1, 0.15) is 117 Å². The van der Waals surface area contributed by atoms with Crippen molar-refractivity contribution in [3.8, 4) is 17.5 Å². The summed E-state index contributed by atoms with van der Waals surface area (Å²) in [5.41, 5.74) is -1.19. The van der Waals surface area contributed by atoms with Gasteiger partial charge < -0.3 is 33.3 Å². The minimum Gasteiger partial charge on any atom is -0.497 e. The number of hydrogen-bond acceptors (Lipinski definition) is 13. The van der Waals surface area contributed by atoms with Crippen molar-refractivity contribution >= 4 is 34.7 Å². The molecule has 3 aromatic heterocycles. The minimum absolute atomic E-state index is 0.0325. The van der Waals surface area contributed by atoms with Gasteiger partial charge in [0.25, 0.3) is 0 Å². The Balaban J connectivity index is 1.09. The molecule has 15 nitrogen and oxygen atoms in total. The molecule has 10 rings (SSSR count). The van der Waals surface area contributed by atoms with Gasteiger partial charge in [-0.3, -0.25) is 14.6 Å². The first-order valence-electron chi connectivity index (χ1n) is 24.6. The molecule has 5 fully saturated rings. The molecule has 2 bridgehead atoms. The summed E-state index contributed by atoms with van der Waals surface area (Å²) in [6.07, 6.45) is -0.826. The predicted molar refractivity (Wildman–Crippen MR) is 257 cm³/mol. The highest BCUT2D eigenvalue weighted by Gasteiger charge is 2.50. The van der Waals surface area contributed by atoms with E-state index in [1.54, 1.807) is 18.8 Å². The number of alkyl halides is 4. The number of aromatic nitrogens is 5. The fourth-order valence-electron chi connectivity index (χ4n) is 11.3. The molecule has 4 aliphatic heterocycles. The first-order valence-corrected chi connectivity index (χ1v) is 24.6. The number of fused-ring (bicyclic) bond motifs is 4. The van der Waals surface area contributed by atoms with E-state index in [2.05, 4.69) is 14.8 Å². The zero-order valence-electron chi connectivity index (χ0n) is 41.1. The van der Waals surface area contributed by atoms with Crippen LogP contribution in [0.4, 0.5) is 34.0 Å². The van der Waals surface area contributed by atoms with Gasteiger partial charge in [-0.15, -0.1) is 0 Å². The van der Waals surface area contributed by atoms with Crippen molar-refractivity contribution in [2.75, 3.05) is 56.8 Å². The Morgan fingerprint density at radius 1 is 0.817 bits per heavy atom. The number of nitrogens with zero attached hydrogens (tertiary/aromatic N) is 9. The van der Waals surface area contributed by atoms with Crippen LogP contribution in [0.2, 0.25) is 0 Å². The van der Waals surface area contributed by atoms with Crippen molar-refractivity contribution in [3.05, 3.63) is 88.4 Å². The van der Waals surface area contributed by atoms with Crippen molar-refractivity contribution in [1.82, 2.24) is 34.3 Å². The van der Waals surface area contributed by atoms with Crippen LogP contribution >= 0.6 is 0 Å². The summed E-state index contributed by atoms with van der Waals surface area (Å²) in [7, 11) is 3.14. The van der Waals surface area contributed by atoms with Crippen molar-refractivity contribution < 1.29 is 46.1 Å². The highest BCUT2D eigenvalue weighted by molar-refractivity contribution is 6.09. The van der Waals surface area contributed by atoms with Gasteiger partial charge >= 0.3 is 18.3 Å². The number of methoxy groups -OCH3 is 2. The molecule has 71 heavy (non-hydrogen) atoms. The molecule has 1 amide bonds. The number of piperazine rings is 1. The Morgan fingerprint density at radius 3 is 2.01 bits per heavy atom. The molecule has 0 spiro atoms. The molecule has 2 unspecified atom stereocenters. The third kappa shape index (κ3) is 9.53. The summed E-state index contributed by atoms with van der Waals surface area (Å²) >= 11 is 0. The van der Waals surface area contributed by atoms with E-state index in [1.165, 1.54) is 13.0 Å². The molecule has 7 heterocycles. The minimum atomic E-state index is -4.96. The average Bonchev–Trinajstić information content (AvgIpc) is 4.04. The topological polar surface area (TPSA) is 141 Å². The summed E-state index contributed by atoms with van der Waals surface area (Å²) < 4.78 is 86.1. The van der Waals surface area contributed by atoms with Gasteiger partial charge in [-0.2, -0.15) is 23.1 Å². The van der Waals surface area contributed by atoms with Crippen LogP contribution < -0.4 is 24.0 Å². The van der Waals surface area contributed by atoms with Crippen molar-refractivity contribution in [2.24, 2.45) is 0 Å². The van der Waals surface area contributed by atoms with E-state index in [0.717, 1.165) is 49.8 Å². The molecule has 0 N–H and O–H groups in total. The summed E-state index contributed by atoms with van der Waals surface area (Å²) in [5.74, 6) is 0.604. The summed E-state index contributed by atoms with van der Waals surface area (Å²) in [6.45, 7) is 9.24. The number of aryl methyl sites for hydroxylation is 1. The van der Waals surface area contributed by atoms with E-state index in [1.807, 2.05) is 79.1 Å². The number of carbonyl (C=O) groups is 2. The lowest BCUT2D eigenvalue weighted by Gasteiger charge is -2.42. The maximum atomic E-state index is 15.5. The molecule has 19 heteroatoms. The van der Waals surface area contributed by atoms with E-state index < -0.39 is 46.6 Å². The third-order valence-electron chi connectivity index (χ3n) is 14.9. The number of halogens is 4. The molecule has 4 saturated heterocycles. The second kappa shape index (κ2) is 18.7. The lowest BCUT2D eigenvalue weighted by Crippen LogP contribution is -2.57. The number of ketones is 1. The molecule has 2 aromatic carbocycles. The number of ether oxygens (including phenoxy) is 4. The lowest BCUT2D eigenvalue weighted by atomic mass is 9.92. The monoisotopic (exact) mass is 983 g/mol. The van der Waals surface area contributed by atoms with Gasteiger partial charge in [-0.05, 0) is 126 Å². The van der Waals surface area contributed by atoms with Gasteiger partial charge in [0.05, 0.1) is 37.4 Å². The SMILES string of the molecule is COc1ccc(CN(Cc2ccc(OC)cc2)c2cc(C)c(C(F)(F)F)c(C(=O)c3nc4nc(OC[C@@]56CCCN5C[C@H](F)C6)nc(N5CC6CCC(C5)N6C(=O)OC(C)(C)C)c4n3C3CCC3)n2)cc1. The van der Waals surface area contributed by atoms with E-state index in [9.17, 15) is 9.18 Å². The average molecular weight is 984 g/mol. The number of carbonyl (C=O) groups excluding carboxylic acids is 2. The van der Waals surface area contributed by atoms with Crippen LogP contribution in [0, 0.1) is 6.92 Å². The number of amides is 1. The van der Waals surface area contributed by atoms with Crippen LogP contribution in [-0.4, -0.2) is 123 Å². The van der Waals surface area contributed by atoms with Gasteiger partial charge in [-0.1, -0.05) is 24.3 Å². The molecule has 4 atom stereocenters. The van der Waals surface area contributed by atoms with Crippen molar-refractivity contribution in [3.63, 3.8) is 0 Å².